The molecule has 0 unspecified atom stereocenters. The van der Waals surface area contributed by atoms with Crippen molar-refractivity contribution < 1.29 is 9.18 Å². The van der Waals surface area contributed by atoms with Crippen molar-refractivity contribution in [1.82, 2.24) is 20.2 Å². The number of halogens is 4. The van der Waals surface area contributed by atoms with E-state index >= 15 is 0 Å². The molecule has 1 aromatic heterocycles. The molecule has 1 saturated heterocycles. The predicted molar refractivity (Wildman–Crippen MR) is 122 cm³/mol. The van der Waals surface area contributed by atoms with Crippen LogP contribution in [0.2, 0.25) is 15.1 Å². The van der Waals surface area contributed by atoms with Crippen LogP contribution in [0.1, 0.15) is 35.3 Å². The third-order valence-corrected chi connectivity index (χ3v) is 5.99. The third-order valence-electron chi connectivity index (χ3n) is 5.20. The van der Waals surface area contributed by atoms with E-state index in [1.54, 1.807) is 42.5 Å². The van der Waals surface area contributed by atoms with Gasteiger partial charge in [-0.1, -0.05) is 53.4 Å². The van der Waals surface area contributed by atoms with Crippen molar-refractivity contribution in [3.63, 3.8) is 0 Å². The molecular formula is C22H20Cl3FN4O. The van der Waals surface area contributed by atoms with Crippen LogP contribution in [0.5, 0.6) is 0 Å². The first-order valence-electron chi connectivity index (χ1n) is 9.93. The monoisotopic (exact) mass is 480 g/mol. The first-order valence-corrected chi connectivity index (χ1v) is 11.1. The second-order valence-electron chi connectivity index (χ2n) is 7.31. The Morgan fingerprint density at radius 2 is 1.68 bits per heavy atom. The summed E-state index contributed by atoms with van der Waals surface area (Å²) in [6.45, 7) is 0.640. The number of alkyl halides is 1. The number of rotatable bonds is 5. The van der Waals surface area contributed by atoms with Gasteiger partial charge in [-0.05, 0) is 43.2 Å². The molecule has 3 aromatic rings. The highest BCUT2D eigenvalue weighted by Gasteiger charge is 2.27. The highest BCUT2D eigenvalue weighted by Crippen LogP contribution is 2.34. The van der Waals surface area contributed by atoms with Crippen LogP contribution >= 0.6 is 34.8 Å². The van der Waals surface area contributed by atoms with E-state index in [0.29, 0.717) is 32.0 Å². The summed E-state index contributed by atoms with van der Waals surface area (Å²) in [5.74, 6) is -0.450. The molecule has 5 nitrogen and oxygen atoms in total. The molecule has 9 heteroatoms. The quantitative estimate of drug-likeness (QED) is 0.479. The molecule has 162 valence electrons. The molecule has 1 fully saturated rings. The fraction of sp³-hybridized carbons (Fsp3) is 0.273. The van der Waals surface area contributed by atoms with Crippen molar-refractivity contribution in [2.45, 2.75) is 25.9 Å². The maximum Gasteiger partial charge on any atom is 0.286 e. The molecule has 0 saturated carbocycles. The zero-order valence-electron chi connectivity index (χ0n) is 16.5. The fourth-order valence-corrected chi connectivity index (χ4v) is 4.31. The number of amides is 1. The van der Waals surface area contributed by atoms with E-state index < -0.39 is 12.6 Å². The van der Waals surface area contributed by atoms with E-state index in [9.17, 15) is 9.18 Å². The van der Waals surface area contributed by atoms with Crippen LogP contribution in [-0.4, -0.2) is 33.8 Å². The lowest BCUT2D eigenvalue weighted by atomic mass is 10.1. The van der Waals surface area contributed by atoms with E-state index in [4.69, 9.17) is 34.8 Å². The van der Waals surface area contributed by atoms with E-state index in [1.165, 1.54) is 4.68 Å². The Hall–Kier alpha value is -2.12. The van der Waals surface area contributed by atoms with Gasteiger partial charge >= 0.3 is 0 Å². The van der Waals surface area contributed by atoms with E-state index in [2.05, 4.69) is 10.5 Å². The normalized spacial score (nSPS) is 14.6. The number of aromatic nitrogens is 2. The Labute approximate surface area is 194 Å². The number of hydrazine groups is 1. The standard InChI is InChI=1S/C22H20Cl3FN4O/c23-15-6-4-14(5-7-15)21-17(13-26)20(22(31)28-29-10-2-1-3-11-29)27-30(21)19-9-8-16(24)12-18(19)25/h4-9,12H,1-3,10-11,13H2,(H,28,31). The molecular weight excluding hydrogens is 462 g/mol. The van der Waals surface area contributed by atoms with Gasteiger partial charge in [0.05, 0.1) is 16.4 Å². The smallest absolute Gasteiger partial charge is 0.283 e. The number of benzene rings is 2. The number of piperidine rings is 1. The number of carbonyl (C=O) groups excluding carboxylic acids is 1. The van der Waals surface area contributed by atoms with Crippen LogP contribution in [0, 0.1) is 0 Å². The molecule has 0 radical (unpaired) electrons. The third kappa shape index (κ3) is 4.72. The Kier molecular flexibility index (Phi) is 6.82. The van der Waals surface area contributed by atoms with E-state index in [1.807, 2.05) is 5.01 Å². The number of carbonyl (C=O) groups is 1. The minimum atomic E-state index is -0.869. The molecule has 2 aromatic carbocycles. The molecule has 0 bridgehead atoms. The summed E-state index contributed by atoms with van der Waals surface area (Å²) >= 11 is 18.5. The summed E-state index contributed by atoms with van der Waals surface area (Å²) in [6.07, 6.45) is 3.13. The molecule has 1 N–H and O–H groups in total. The number of hydrogen-bond donors (Lipinski definition) is 1. The Morgan fingerprint density at radius 3 is 2.32 bits per heavy atom. The second kappa shape index (κ2) is 9.57. The summed E-state index contributed by atoms with van der Waals surface area (Å²) in [4.78, 5) is 13.0. The average molecular weight is 482 g/mol. The summed E-state index contributed by atoms with van der Waals surface area (Å²) in [6, 6.07) is 11.8. The van der Waals surface area contributed by atoms with Crippen LogP contribution in [0.15, 0.2) is 42.5 Å². The minimum absolute atomic E-state index is 0.0176. The number of hydrogen-bond acceptors (Lipinski definition) is 3. The SMILES string of the molecule is O=C(NN1CCCCC1)c1nn(-c2ccc(Cl)cc2Cl)c(-c2ccc(Cl)cc2)c1CF. The van der Waals surface area contributed by atoms with Crippen molar-refractivity contribution in [2.75, 3.05) is 13.1 Å². The molecule has 1 amide bonds. The zero-order chi connectivity index (χ0) is 22.0. The maximum absolute atomic E-state index is 14.3. The molecule has 1 aliphatic rings. The molecule has 4 rings (SSSR count). The molecule has 31 heavy (non-hydrogen) atoms. The van der Waals surface area contributed by atoms with Gasteiger partial charge in [-0.3, -0.25) is 10.2 Å². The Bertz CT molecular complexity index is 1090. The van der Waals surface area contributed by atoms with Gasteiger partial charge in [0.1, 0.15) is 6.67 Å². The first kappa shape index (κ1) is 22.1. The Balaban J connectivity index is 1.84. The van der Waals surface area contributed by atoms with Crippen LogP contribution in [0.4, 0.5) is 4.39 Å². The number of nitrogens with zero attached hydrogens (tertiary/aromatic N) is 3. The maximum atomic E-state index is 14.3. The van der Waals surface area contributed by atoms with Gasteiger partial charge in [0.25, 0.3) is 5.91 Å². The lowest BCUT2D eigenvalue weighted by Crippen LogP contribution is -2.45. The van der Waals surface area contributed by atoms with Crippen molar-refractivity contribution >= 4 is 40.7 Å². The predicted octanol–water partition coefficient (Wildman–Crippen LogP) is 6.10. The van der Waals surface area contributed by atoms with Crippen LogP contribution < -0.4 is 5.43 Å². The van der Waals surface area contributed by atoms with Crippen molar-refractivity contribution in [3.8, 4) is 16.9 Å². The molecule has 0 atom stereocenters. The topological polar surface area (TPSA) is 50.2 Å². The van der Waals surface area contributed by atoms with Crippen molar-refractivity contribution in [3.05, 3.63) is 68.8 Å². The Morgan fingerprint density at radius 1 is 1.00 bits per heavy atom. The van der Waals surface area contributed by atoms with Gasteiger partial charge in [0.2, 0.25) is 0 Å². The lowest BCUT2D eigenvalue weighted by Gasteiger charge is -2.26. The summed E-state index contributed by atoms with van der Waals surface area (Å²) < 4.78 is 15.8. The van der Waals surface area contributed by atoms with Gasteiger partial charge in [-0.15, -0.1) is 0 Å². The number of nitrogens with one attached hydrogen (secondary N) is 1. The molecule has 0 spiro atoms. The summed E-state index contributed by atoms with van der Waals surface area (Å²) in [5.41, 5.74) is 4.65. The minimum Gasteiger partial charge on any atom is -0.283 e. The highest BCUT2D eigenvalue weighted by atomic mass is 35.5. The van der Waals surface area contributed by atoms with Crippen LogP contribution in [0.25, 0.3) is 16.9 Å². The van der Waals surface area contributed by atoms with Crippen molar-refractivity contribution in [2.24, 2.45) is 0 Å². The van der Waals surface area contributed by atoms with Gasteiger partial charge < -0.3 is 0 Å². The van der Waals surface area contributed by atoms with Crippen molar-refractivity contribution in [1.29, 1.82) is 0 Å². The van der Waals surface area contributed by atoms with Crippen LogP contribution in [-0.2, 0) is 6.67 Å². The average Bonchev–Trinajstić information content (AvgIpc) is 3.14. The molecule has 1 aliphatic heterocycles. The van der Waals surface area contributed by atoms with E-state index in [-0.39, 0.29) is 11.3 Å². The fourth-order valence-electron chi connectivity index (χ4n) is 3.69. The zero-order valence-corrected chi connectivity index (χ0v) is 18.8. The first-order chi connectivity index (χ1) is 15.0. The van der Waals surface area contributed by atoms with Gasteiger partial charge in [0.15, 0.2) is 5.69 Å². The van der Waals surface area contributed by atoms with Crippen LogP contribution in [0.3, 0.4) is 0 Å². The second-order valence-corrected chi connectivity index (χ2v) is 8.59. The highest BCUT2D eigenvalue weighted by molar-refractivity contribution is 6.35. The van der Waals surface area contributed by atoms with Gasteiger partial charge in [-0.25, -0.2) is 14.1 Å². The van der Waals surface area contributed by atoms with Gasteiger partial charge in [-0.2, -0.15) is 5.10 Å². The largest absolute Gasteiger partial charge is 0.286 e. The summed E-state index contributed by atoms with van der Waals surface area (Å²) in [7, 11) is 0. The van der Waals surface area contributed by atoms with E-state index in [0.717, 1.165) is 32.4 Å². The molecule has 2 heterocycles. The lowest BCUT2D eigenvalue weighted by molar-refractivity contribution is 0.0742. The van der Waals surface area contributed by atoms with Gasteiger partial charge in [0, 0.05) is 34.3 Å². The summed E-state index contributed by atoms with van der Waals surface area (Å²) in [5, 5.41) is 7.67. The molecule has 0 aliphatic carbocycles.